The molecule has 0 aromatic heterocycles. The second-order valence-corrected chi connectivity index (χ2v) is 11.9. The largest absolute Gasteiger partial charge is 0.340 e. The highest BCUT2D eigenvalue weighted by atomic mass is 15.2. The van der Waals surface area contributed by atoms with Gasteiger partial charge in [-0.2, -0.15) is 5.26 Å². The van der Waals surface area contributed by atoms with Crippen molar-refractivity contribution in [1.29, 1.82) is 5.26 Å². The van der Waals surface area contributed by atoms with Crippen molar-refractivity contribution in [3.63, 3.8) is 0 Å². The smallest absolute Gasteiger partial charge is 0.0953 e. The van der Waals surface area contributed by atoms with E-state index in [4.69, 9.17) is 0 Å². The summed E-state index contributed by atoms with van der Waals surface area (Å²) in [6.45, 7) is 5.00. The molecule has 46 heavy (non-hydrogen) atoms. The van der Waals surface area contributed by atoms with Gasteiger partial charge in [0.15, 0.2) is 0 Å². The predicted molar refractivity (Wildman–Crippen MR) is 195 cm³/mol. The van der Waals surface area contributed by atoms with E-state index in [1.54, 1.807) is 0 Å². The maximum absolute atomic E-state index is 9.94. The Hall–Kier alpha value is -5.59. The van der Waals surface area contributed by atoms with Crippen LogP contribution >= 0.6 is 0 Å². The van der Waals surface area contributed by atoms with Crippen LogP contribution in [0, 0.1) is 11.3 Å². The van der Waals surface area contributed by atoms with Crippen molar-refractivity contribution >= 4 is 66.3 Å². The van der Waals surface area contributed by atoms with Gasteiger partial charge >= 0.3 is 0 Å². The Balaban J connectivity index is 0.00000153. The van der Waals surface area contributed by atoms with Crippen LogP contribution in [-0.2, 0) is 6.42 Å². The van der Waals surface area contributed by atoms with E-state index in [0.29, 0.717) is 0 Å². The zero-order chi connectivity index (χ0) is 31.2. The third kappa shape index (κ3) is 4.25. The SMILES string of the molecule is CC.N#CC1=c2ccccc2=C(N(c2ccccc2)c2ccc3ccc4c(N5CCc6ccccc65)ccc5ccc2c3c54)CC1. The van der Waals surface area contributed by atoms with Gasteiger partial charge in [0.05, 0.1) is 11.8 Å². The van der Waals surface area contributed by atoms with Gasteiger partial charge in [-0.25, -0.2) is 0 Å². The molecule has 0 atom stereocenters. The summed E-state index contributed by atoms with van der Waals surface area (Å²) in [4.78, 5) is 4.94. The molecule has 1 aliphatic carbocycles. The Bertz CT molecular complexity index is 2420. The summed E-state index contributed by atoms with van der Waals surface area (Å²) in [5.74, 6) is 0. The monoisotopic (exact) mass is 593 g/mol. The van der Waals surface area contributed by atoms with Crippen molar-refractivity contribution in [3.05, 3.63) is 143 Å². The van der Waals surface area contributed by atoms with Gasteiger partial charge in [0.2, 0.25) is 0 Å². The van der Waals surface area contributed by atoms with Crippen LogP contribution in [0.1, 0.15) is 32.3 Å². The van der Waals surface area contributed by atoms with Crippen molar-refractivity contribution in [2.75, 3.05) is 16.3 Å². The number of hydrogen-bond donors (Lipinski definition) is 0. The van der Waals surface area contributed by atoms with Crippen LogP contribution in [0.25, 0.3) is 43.6 Å². The summed E-state index contributed by atoms with van der Waals surface area (Å²) in [5, 5.41) is 19.8. The van der Waals surface area contributed by atoms with Crippen LogP contribution in [0.2, 0.25) is 0 Å². The first-order valence-corrected chi connectivity index (χ1v) is 16.4. The first kappa shape index (κ1) is 27.9. The summed E-state index contributed by atoms with van der Waals surface area (Å²) in [6.07, 6.45) is 2.60. The molecule has 0 saturated heterocycles. The molecule has 7 aromatic rings. The summed E-state index contributed by atoms with van der Waals surface area (Å²) in [6, 6.07) is 48.8. The van der Waals surface area contributed by atoms with E-state index in [0.717, 1.165) is 47.5 Å². The van der Waals surface area contributed by atoms with E-state index in [-0.39, 0.29) is 0 Å². The van der Waals surface area contributed by atoms with E-state index >= 15 is 0 Å². The van der Waals surface area contributed by atoms with Gasteiger partial charge in [-0.1, -0.05) is 111 Å². The maximum atomic E-state index is 9.94. The number of para-hydroxylation sites is 2. The van der Waals surface area contributed by atoms with Crippen LogP contribution in [0.3, 0.4) is 0 Å². The van der Waals surface area contributed by atoms with Crippen LogP contribution in [0.15, 0.2) is 127 Å². The normalized spacial score (nSPS) is 13.8. The van der Waals surface area contributed by atoms with Crippen molar-refractivity contribution in [2.45, 2.75) is 33.1 Å². The van der Waals surface area contributed by atoms with Gasteiger partial charge in [-0.15, -0.1) is 0 Å². The fraction of sp³-hybridized carbons (Fsp3) is 0.140. The number of benzene rings is 7. The third-order valence-corrected chi connectivity index (χ3v) is 9.63. The molecule has 0 unspecified atom stereocenters. The molecule has 1 aliphatic heterocycles. The van der Waals surface area contributed by atoms with Crippen LogP contribution in [0.4, 0.5) is 22.7 Å². The van der Waals surface area contributed by atoms with E-state index < -0.39 is 0 Å². The Morgan fingerprint density at radius 3 is 2.04 bits per heavy atom. The zero-order valence-corrected chi connectivity index (χ0v) is 26.3. The molecule has 0 saturated carbocycles. The van der Waals surface area contributed by atoms with E-state index in [1.807, 2.05) is 19.9 Å². The summed E-state index contributed by atoms with van der Waals surface area (Å²) >= 11 is 0. The molecule has 7 aromatic carbocycles. The molecular formula is C43H35N3. The fourth-order valence-corrected chi connectivity index (χ4v) is 7.67. The minimum Gasteiger partial charge on any atom is -0.340 e. The first-order chi connectivity index (χ1) is 22.8. The number of nitriles is 1. The van der Waals surface area contributed by atoms with Crippen molar-refractivity contribution < 1.29 is 0 Å². The van der Waals surface area contributed by atoms with E-state index in [9.17, 15) is 5.26 Å². The molecule has 0 bridgehead atoms. The molecule has 0 amide bonds. The lowest BCUT2D eigenvalue weighted by Gasteiger charge is -2.31. The Labute approximate surface area is 269 Å². The Kier molecular flexibility index (Phi) is 6.92. The second-order valence-electron chi connectivity index (χ2n) is 11.9. The van der Waals surface area contributed by atoms with Gasteiger partial charge in [0.25, 0.3) is 0 Å². The first-order valence-electron chi connectivity index (χ1n) is 16.4. The lowest BCUT2D eigenvalue weighted by Crippen LogP contribution is -2.36. The van der Waals surface area contributed by atoms with Gasteiger partial charge < -0.3 is 9.80 Å². The van der Waals surface area contributed by atoms with Crippen molar-refractivity contribution in [2.24, 2.45) is 0 Å². The van der Waals surface area contributed by atoms with E-state index in [1.165, 1.54) is 60.6 Å². The molecule has 0 N–H and O–H groups in total. The quantitative estimate of drug-likeness (QED) is 0.190. The van der Waals surface area contributed by atoms with Crippen LogP contribution in [-0.4, -0.2) is 6.54 Å². The average Bonchev–Trinajstić information content (AvgIpc) is 3.56. The standard InChI is InChI=1S/C41H29N3.C2H6/c42-26-30-18-23-38(33-12-6-5-11-32(30)33)44(31-9-2-1-3-10-31)39-22-17-29-14-19-34-37(43-25-24-27-8-4-7-13-36(27)43)21-16-28-15-20-35(39)41(29)40(28)34;1-2/h1-17,19-22H,18,23-25H2;1-2H3. The summed E-state index contributed by atoms with van der Waals surface area (Å²) < 4.78 is 0. The molecule has 222 valence electrons. The van der Waals surface area contributed by atoms with Crippen LogP contribution < -0.4 is 20.2 Å². The van der Waals surface area contributed by atoms with Crippen molar-refractivity contribution in [1.82, 2.24) is 0 Å². The molecule has 9 rings (SSSR count). The number of nitrogens with zero attached hydrogens (tertiary/aromatic N) is 3. The number of hydrogen-bond acceptors (Lipinski definition) is 3. The van der Waals surface area contributed by atoms with E-state index in [2.05, 4.69) is 137 Å². The molecule has 3 heteroatoms. The molecule has 3 nitrogen and oxygen atoms in total. The molecule has 0 fully saturated rings. The number of rotatable bonds is 4. The molecule has 2 aliphatic rings. The minimum atomic E-state index is 0.735. The van der Waals surface area contributed by atoms with Gasteiger partial charge in [0.1, 0.15) is 0 Å². The highest BCUT2D eigenvalue weighted by molar-refractivity contribution is 6.28. The Morgan fingerprint density at radius 1 is 0.587 bits per heavy atom. The maximum Gasteiger partial charge on any atom is 0.0953 e. The second kappa shape index (κ2) is 11.4. The predicted octanol–water partition coefficient (Wildman–Crippen LogP) is 9.72. The highest BCUT2D eigenvalue weighted by Crippen LogP contribution is 2.46. The summed E-state index contributed by atoms with van der Waals surface area (Å²) in [5.41, 5.74) is 8.40. The highest BCUT2D eigenvalue weighted by Gasteiger charge is 2.25. The van der Waals surface area contributed by atoms with Gasteiger partial charge in [-0.05, 0) is 81.9 Å². The fourth-order valence-electron chi connectivity index (χ4n) is 7.67. The van der Waals surface area contributed by atoms with Gasteiger partial charge in [-0.3, -0.25) is 0 Å². The molecular weight excluding hydrogens is 558 g/mol. The zero-order valence-electron chi connectivity index (χ0n) is 26.3. The third-order valence-electron chi connectivity index (χ3n) is 9.63. The number of anilines is 4. The number of fused-ring (bicyclic) bond motifs is 2. The van der Waals surface area contributed by atoms with Crippen LogP contribution in [0.5, 0.6) is 0 Å². The minimum absolute atomic E-state index is 0.735. The lowest BCUT2D eigenvalue weighted by atomic mass is 9.91. The Morgan fingerprint density at radius 2 is 1.24 bits per heavy atom. The van der Waals surface area contributed by atoms with Gasteiger partial charge in [0, 0.05) is 50.9 Å². The summed E-state index contributed by atoms with van der Waals surface area (Å²) in [7, 11) is 0. The average molecular weight is 594 g/mol. The van der Waals surface area contributed by atoms with Crippen molar-refractivity contribution in [3.8, 4) is 6.07 Å². The molecule has 0 radical (unpaired) electrons. The topological polar surface area (TPSA) is 30.3 Å². The molecule has 1 heterocycles. The lowest BCUT2D eigenvalue weighted by molar-refractivity contribution is 1.00. The molecule has 0 spiro atoms.